The summed E-state index contributed by atoms with van der Waals surface area (Å²) in [5, 5.41) is 7.97. The van der Waals surface area contributed by atoms with E-state index in [2.05, 4.69) is 51.9 Å². The van der Waals surface area contributed by atoms with Crippen LogP contribution in [0.25, 0.3) is 0 Å². The number of aryl methyl sites for hydroxylation is 1. The average molecular weight is 369 g/mol. The fourth-order valence-corrected chi connectivity index (χ4v) is 2.89. The lowest BCUT2D eigenvalue weighted by molar-refractivity contribution is 0.122. The minimum Gasteiger partial charge on any atom is -0.378 e. The molecule has 5 nitrogen and oxygen atoms in total. The lowest BCUT2D eigenvalue weighted by Gasteiger charge is -2.28. The molecule has 0 bridgehead atoms. The predicted octanol–water partition coefficient (Wildman–Crippen LogP) is 3.54. The summed E-state index contributed by atoms with van der Waals surface area (Å²) in [7, 11) is 0. The van der Waals surface area contributed by atoms with Gasteiger partial charge in [-0.15, -0.1) is 0 Å². The van der Waals surface area contributed by atoms with Crippen LogP contribution in [0.5, 0.6) is 0 Å². The third-order valence-electron chi connectivity index (χ3n) is 4.30. The average Bonchev–Trinajstić information content (AvgIpc) is 2.69. The van der Waals surface area contributed by atoms with Crippen LogP contribution in [0.2, 0.25) is 0 Å². The van der Waals surface area contributed by atoms with Crippen molar-refractivity contribution < 1.29 is 4.74 Å². The zero-order valence-electron chi connectivity index (χ0n) is 15.2. The highest BCUT2D eigenvalue weighted by Gasteiger charge is 2.11. The van der Waals surface area contributed by atoms with Gasteiger partial charge in [0.2, 0.25) is 0 Å². The van der Waals surface area contributed by atoms with Crippen molar-refractivity contribution in [1.82, 2.24) is 5.43 Å². The summed E-state index contributed by atoms with van der Waals surface area (Å²) in [6.45, 7) is 7.47. The van der Waals surface area contributed by atoms with Crippen molar-refractivity contribution in [3.05, 3.63) is 59.7 Å². The van der Waals surface area contributed by atoms with Crippen LogP contribution in [-0.2, 0) is 4.74 Å². The highest BCUT2D eigenvalue weighted by molar-refractivity contribution is 7.80. The SMILES string of the molecule is C/C(=N/NC(=S)Nc1ccc(C)cc1)c1ccc(N2CCOCC2)cc1. The van der Waals surface area contributed by atoms with E-state index in [9.17, 15) is 0 Å². The molecule has 0 saturated carbocycles. The molecule has 0 amide bonds. The summed E-state index contributed by atoms with van der Waals surface area (Å²) in [6, 6.07) is 16.5. The molecule has 2 N–H and O–H groups in total. The van der Waals surface area contributed by atoms with Crippen molar-refractivity contribution >= 4 is 34.4 Å². The van der Waals surface area contributed by atoms with E-state index in [0.717, 1.165) is 43.3 Å². The molecule has 136 valence electrons. The maximum absolute atomic E-state index is 5.40. The van der Waals surface area contributed by atoms with Crippen LogP contribution in [0.15, 0.2) is 53.6 Å². The third-order valence-corrected chi connectivity index (χ3v) is 4.49. The number of anilines is 2. The summed E-state index contributed by atoms with van der Waals surface area (Å²) in [6.07, 6.45) is 0. The first-order valence-corrected chi connectivity index (χ1v) is 9.14. The molecule has 1 saturated heterocycles. The van der Waals surface area contributed by atoms with Crippen molar-refractivity contribution in [2.45, 2.75) is 13.8 Å². The zero-order chi connectivity index (χ0) is 18.4. The van der Waals surface area contributed by atoms with Crippen LogP contribution in [0, 0.1) is 6.92 Å². The van der Waals surface area contributed by atoms with E-state index >= 15 is 0 Å². The highest BCUT2D eigenvalue weighted by atomic mass is 32.1. The Kier molecular flexibility index (Phi) is 6.20. The Morgan fingerprint density at radius 1 is 1.04 bits per heavy atom. The van der Waals surface area contributed by atoms with E-state index in [1.807, 2.05) is 31.2 Å². The maximum Gasteiger partial charge on any atom is 0.191 e. The molecular formula is C20H24N4OS. The first kappa shape index (κ1) is 18.4. The van der Waals surface area contributed by atoms with Crippen LogP contribution < -0.4 is 15.6 Å². The van der Waals surface area contributed by atoms with Crippen LogP contribution in [0.3, 0.4) is 0 Å². The quantitative estimate of drug-likeness (QED) is 0.491. The number of nitrogens with one attached hydrogen (secondary N) is 2. The van der Waals surface area contributed by atoms with Gasteiger partial charge in [0.1, 0.15) is 0 Å². The molecule has 1 fully saturated rings. The van der Waals surface area contributed by atoms with E-state index < -0.39 is 0 Å². The molecule has 0 radical (unpaired) electrons. The molecule has 0 unspecified atom stereocenters. The molecule has 1 heterocycles. The lowest BCUT2D eigenvalue weighted by atomic mass is 10.1. The number of morpholine rings is 1. The Balaban J connectivity index is 1.56. The second-order valence-corrected chi connectivity index (χ2v) is 6.68. The van der Waals surface area contributed by atoms with Gasteiger partial charge in [-0.05, 0) is 55.9 Å². The second kappa shape index (κ2) is 8.78. The maximum atomic E-state index is 5.40. The molecule has 26 heavy (non-hydrogen) atoms. The molecule has 0 atom stereocenters. The van der Waals surface area contributed by atoms with Gasteiger partial charge >= 0.3 is 0 Å². The number of hydrogen-bond donors (Lipinski definition) is 2. The smallest absolute Gasteiger partial charge is 0.191 e. The van der Waals surface area contributed by atoms with Crippen LogP contribution >= 0.6 is 12.2 Å². The van der Waals surface area contributed by atoms with Crippen LogP contribution in [0.1, 0.15) is 18.1 Å². The molecule has 3 rings (SSSR count). The van der Waals surface area contributed by atoms with Gasteiger partial charge in [-0.3, -0.25) is 5.43 Å². The number of hydrogen-bond acceptors (Lipinski definition) is 4. The molecule has 2 aromatic rings. The van der Waals surface area contributed by atoms with E-state index in [1.54, 1.807) is 0 Å². The van der Waals surface area contributed by atoms with Gasteiger partial charge in [0, 0.05) is 24.5 Å². The van der Waals surface area contributed by atoms with Crippen molar-refractivity contribution in [2.24, 2.45) is 5.10 Å². The number of thiocarbonyl (C=S) groups is 1. The summed E-state index contributed by atoms with van der Waals surface area (Å²) >= 11 is 5.30. The molecular weight excluding hydrogens is 344 g/mol. The Labute approximate surface area is 160 Å². The number of benzene rings is 2. The van der Waals surface area contributed by atoms with Crippen LogP contribution in [-0.4, -0.2) is 37.1 Å². The molecule has 1 aliphatic heterocycles. The number of hydrazone groups is 1. The standard InChI is InChI=1S/C20H24N4OS/c1-15-3-7-18(8-4-15)21-20(26)23-22-16(2)17-5-9-19(10-6-17)24-11-13-25-14-12-24/h3-10H,11-14H2,1-2H3,(H2,21,23,26)/b22-16-. The number of rotatable bonds is 4. The van der Waals surface area contributed by atoms with Gasteiger partial charge < -0.3 is 15.0 Å². The molecule has 0 aromatic heterocycles. The topological polar surface area (TPSA) is 48.9 Å². The third kappa shape index (κ3) is 5.03. The molecule has 0 spiro atoms. The number of ether oxygens (including phenoxy) is 1. The van der Waals surface area contributed by atoms with E-state index in [1.165, 1.54) is 11.3 Å². The normalized spacial score (nSPS) is 14.8. The fourth-order valence-electron chi connectivity index (χ4n) is 2.73. The van der Waals surface area contributed by atoms with Gasteiger partial charge in [0.05, 0.1) is 18.9 Å². The fraction of sp³-hybridized carbons (Fsp3) is 0.300. The monoisotopic (exact) mass is 368 g/mol. The van der Waals surface area contributed by atoms with Crippen molar-refractivity contribution in [3.8, 4) is 0 Å². The molecule has 0 aliphatic carbocycles. The summed E-state index contributed by atoms with van der Waals surface area (Å²) in [4.78, 5) is 2.33. The Morgan fingerprint density at radius 2 is 1.69 bits per heavy atom. The molecule has 6 heteroatoms. The van der Waals surface area contributed by atoms with E-state index in [0.29, 0.717) is 5.11 Å². The Bertz CT molecular complexity index is 765. The first-order chi connectivity index (χ1) is 12.6. The largest absolute Gasteiger partial charge is 0.378 e. The van der Waals surface area contributed by atoms with Crippen LogP contribution in [0.4, 0.5) is 11.4 Å². The molecule has 2 aromatic carbocycles. The second-order valence-electron chi connectivity index (χ2n) is 6.28. The highest BCUT2D eigenvalue weighted by Crippen LogP contribution is 2.17. The van der Waals surface area contributed by atoms with E-state index in [-0.39, 0.29) is 0 Å². The van der Waals surface area contributed by atoms with Gasteiger partial charge in [-0.1, -0.05) is 29.8 Å². The van der Waals surface area contributed by atoms with Gasteiger partial charge in [0.25, 0.3) is 0 Å². The van der Waals surface area contributed by atoms with Crippen molar-refractivity contribution in [3.63, 3.8) is 0 Å². The predicted molar refractivity (Wildman–Crippen MR) is 112 cm³/mol. The van der Waals surface area contributed by atoms with Gasteiger partial charge in [-0.25, -0.2) is 0 Å². The zero-order valence-corrected chi connectivity index (χ0v) is 16.0. The lowest BCUT2D eigenvalue weighted by Crippen LogP contribution is -2.36. The summed E-state index contributed by atoms with van der Waals surface area (Å²) < 4.78 is 5.40. The minimum atomic E-state index is 0.470. The van der Waals surface area contributed by atoms with Crippen molar-refractivity contribution in [2.75, 3.05) is 36.5 Å². The van der Waals surface area contributed by atoms with Crippen molar-refractivity contribution in [1.29, 1.82) is 0 Å². The summed E-state index contributed by atoms with van der Waals surface area (Å²) in [5.74, 6) is 0. The van der Waals surface area contributed by atoms with Gasteiger partial charge in [0.15, 0.2) is 5.11 Å². The Hall–Kier alpha value is -2.44. The molecule has 1 aliphatic rings. The van der Waals surface area contributed by atoms with E-state index in [4.69, 9.17) is 17.0 Å². The first-order valence-electron chi connectivity index (χ1n) is 8.73. The number of nitrogens with zero attached hydrogens (tertiary/aromatic N) is 2. The summed E-state index contributed by atoms with van der Waals surface area (Å²) in [5.41, 5.74) is 8.22. The van der Waals surface area contributed by atoms with Gasteiger partial charge in [-0.2, -0.15) is 5.10 Å². The Morgan fingerprint density at radius 3 is 2.35 bits per heavy atom. The minimum absolute atomic E-state index is 0.470.